The Morgan fingerprint density at radius 1 is 1.35 bits per heavy atom. The van der Waals surface area contributed by atoms with E-state index in [1.54, 1.807) is 18.4 Å². The Bertz CT molecular complexity index is 759. The number of rotatable bonds is 4. The van der Waals surface area contributed by atoms with E-state index in [1.807, 2.05) is 40.3 Å². The van der Waals surface area contributed by atoms with Crippen LogP contribution in [0.4, 0.5) is 0 Å². The molecule has 0 spiro atoms. The van der Waals surface area contributed by atoms with Crippen LogP contribution in [0.2, 0.25) is 0 Å². The lowest BCUT2D eigenvalue weighted by Crippen LogP contribution is -2.02. The molecule has 1 aromatic carbocycles. The lowest BCUT2D eigenvalue weighted by Gasteiger charge is -2.07. The van der Waals surface area contributed by atoms with Crippen molar-refractivity contribution in [1.82, 2.24) is 14.8 Å². The number of H-pyrrole nitrogens is 1. The predicted molar refractivity (Wildman–Crippen MR) is 82.8 cm³/mol. The zero-order valence-corrected chi connectivity index (χ0v) is 12.5. The van der Waals surface area contributed by atoms with Crippen molar-refractivity contribution in [1.29, 1.82) is 0 Å². The molecular formula is C14H13N3OS2. The highest BCUT2D eigenvalue weighted by molar-refractivity contribution is 7.71. The third kappa shape index (κ3) is 2.52. The largest absolute Gasteiger partial charge is 0.497 e. The van der Waals surface area contributed by atoms with Crippen LogP contribution in [-0.2, 0) is 6.54 Å². The van der Waals surface area contributed by atoms with Crippen molar-refractivity contribution >= 4 is 23.6 Å². The molecule has 2 heterocycles. The average Bonchev–Trinajstić information content (AvgIpc) is 3.10. The molecule has 2 aromatic heterocycles. The Balaban J connectivity index is 1.98. The molecule has 0 atom stereocenters. The standard InChI is InChI=1S/C14H13N3OS2/c1-18-11-5-2-4-10(8-11)9-17-13(15-16-14(17)19)12-6-3-7-20-12/h2-8H,9H2,1H3,(H,16,19). The SMILES string of the molecule is COc1cccc(Cn2c(-c3cccs3)n[nH]c2=S)c1. The first-order chi connectivity index (χ1) is 9.78. The van der Waals surface area contributed by atoms with Gasteiger partial charge in [-0.3, -0.25) is 9.67 Å². The van der Waals surface area contributed by atoms with Crippen LogP contribution in [0.15, 0.2) is 41.8 Å². The highest BCUT2D eigenvalue weighted by Gasteiger charge is 2.10. The van der Waals surface area contributed by atoms with E-state index < -0.39 is 0 Å². The molecule has 0 amide bonds. The van der Waals surface area contributed by atoms with Crippen molar-refractivity contribution in [2.75, 3.05) is 7.11 Å². The molecule has 1 N–H and O–H groups in total. The first-order valence-electron chi connectivity index (χ1n) is 6.10. The van der Waals surface area contributed by atoms with E-state index in [1.165, 1.54) is 0 Å². The number of ether oxygens (including phenoxy) is 1. The van der Waals surface area contributed by atoms with E-state index in [-0.39, 0.29) is 0 Å². The number of aromatic amines is 1. The Hall–Kier alpha value is -1.92. The Morgan fingerprint density at radius 3 is 3.00 bits per heavy atom. The molecule has 3 aromatic rings. The van der Waals surface area contributed by atoms with Crippen LogP contribution in [-0.4, -0.2) is 21.9 Å². The zero-order chi connectivity index (χ0) is 13.9. The van der Waals surface area contributed by atoms with Gasteiger partial charge in [-0.15, -0.1) is 11.3 Å². The van der Waals surface area contributed by atoms with Gasteiger partial charge in [0.25, 0.3) is 0 Å². The van der Waals surface area contributed by atoms with Crippen LogP contribution >= 0.6 is 23.6 Å². The van der Waals surface area contributed by atoms with Crippen molar-refractivity contribution in [2.45, 2.75) is 6.54 Å². The van der Waals surface area contributed by atoms with E-state index in [0.717, 1.165) is 22.0 Å². The van der Waals surface area contributed by atoms with E-state index in [4.69, 9.17) is 17.0 Å². The van der Waals surface area contributed by atoms with Crippen LogP contribution < -0.4 is 4.74 Å². The molecule has 0 saturated heterocycles. The Labute approximate surface area is 125 Å². The van der Waals surface area contributed by atoms with Gasteiger partial charge >= 0.3 is 0 Å². The fourth-order valence-corrected chi connectivity index (χ4v) is 2.93. The van der Waals surface area contributed by atoms with Crippen LogP contribution in [0.25, 0.3) is 10.7 Å². The molecule has 102 valence electrons. The molecule has 0 unspecified atom stereocenters. The van der Waals surface area contributed by atoms with Gasteiger partial charge in [0, 0.05) is 0 Å². The molecule has 0 fully saturated rings. The van der Waals surface area contributed by atoms with Gasteiger partial charge in [-0.2, -0.15) is 5.10 Å². The molecule has 0 saturated carbocycles. The Kier molecular flexibility index (Phi) is 3.66. The monoisotopic (exact) mass is 303 g/mol. The summed E-state index contributed by atoms with van der Waals surface area (Å²) < 4.78 is 7.87. The molecular weight excluding hydrogens is 290 g/mol. The van der Waals surface area contributed by atoms with Gasteiger partial charge in [0.05, 0.1) is 18.5 Å². The fourth-order valence-electron chi connectivity index (χ4n) is 2.01. The number of nitrogens with zero attached hydrogens (tertiary/aromatic N) is 2. The van der Waals surface area contributed by atoms with Gasteiger partial charge in [0.15, 0.2) is 10.6 Å². The normalized spacial score (nSPS) is 10.7. The van der Waals surface area contributed by atoms with Gasteiger partial charge in [-0.25, -0.2) is 0 Å². The summed E-state index contributed by atoms with van der Waals surface area (Å²) in [7, 11) is 1.67. The lowest BCUT2D eigenvalue weighted by atomic mass is 10.2. The first-order valence-corrected chi connectivity index (χ1v) is 7.39. The molecule has 6 heteroatoms. The summed E-state index contributed by atoms with van der Waals surface area (Å²) in [5.41, 5.74) is 1.12. The van der Waals surface area contributed by atoms with Gasteiger partial charge in [0.2, 0.25) is 0 Å². The summed E-state index contributed by atoms with van der Waals surface area (Å²) in [6.07, 6.45) is 0. The molecule has 3 rings (SSSR count). The van der Waals surface area contributed by atoms with Gasteiger partial charge < -0.3 is 4.74 Å². The number of aromatic nitrogens is 3. The van der Waals surface area contributed by atoms with Crippen LogP contribution in [0.5, 0.6) is 5.75 Å². The highest BCUT2D eigenvalue weighted by atomic mass is 32.1. The van der Waals surface area contributed by atoms with Crippen molar-refractivity contribution < 1.29 is 4.74 Å². The number of methoxy groups -OCH3 is 1. The van der Waals surface area contributed by atoms with E-state index in [2.05, 4.69) is 16.3 Å². The van der Waals surface area contributed by atoms with E-state index in [0.29, 0.717) is 11.3 Å². The maximum absolute atomic E-state index is 5.33. The fraction of sp³-hybridized carbons (Fsp3) is 0.143. The van der Waals surface area contributed by atoms with E-state index >= 15 is 0 Å². The summed E-state index contributed by atoms with van der Waals surface area (Å²) in [5, 5.41) is 9.22. The van der Waals surface area contributed by atoms with Crippen molar-refractivity contribution in [2.24, 2.45) is 0 Å². The van der Waals surface area contributed by atoms with Gasteiger partial charge in [-0.05, 0) is 41.4 Å². The Morgan fingerprint density at radius 2 is 2.25 bits per heavy atom. The minimum absolute atomic E-state index is 0.621. The zero-order valence-electron chi connectivity index (χ0n) is 10.9. The third-order valence-corrected chi connectivity index (χ3v) is 4.15. The van der Waals surface area contributed by atoms with Crippen molar-refractivity contribution in [3.05, 3.63) is 52.1 Å². The average molecular weight is 303 g/mol. The van der Waals surface area contributed by atoms with Crippen LogP contribution in [0, 0.1) is 4.77 Å². The van der Waals surface area contributed by atoms with Gasteiger partial charge in [-0.1, -0.05) is 18.2 Å². The summed E-state index contributed by atoms with van der Waals surface area (Å²) in [4.78, 5) is 1.10. The second kappa shape index (κ2) is 5.60. The molecule has 4 nitrogen and oxygen atoms in total. The summed E-state index contributed by atoms with van der Waals surface area (Å²) >= 11 is 6.97. The molecule has 0 radical (unpaired) electrons. The molecule has 0 aliphatic heterocycles. The summed E-state index contributed by atoms with van der Waals surface area (Å²) in [5.74, 6) is 1.71. The second-order valence-electron chi connectivity index (χ2n) is 4.27. The second-order valence-corrected chi connectivity index (χ2v) is 5.60. The van der Waals surface area contributed by atoms with Crippen molar-refractivity contribution in [3.8, 4) is 16.5 Å². The minimum Gasteiger partial charge on any atom is -0.497 e. The van der Waals surface area contributed by atoms with Crippen LogP contribution in [0.1, 0.15) is 5.56 Å². The minimum atomic E-state index is 0.621. The molecule has 0 bridgehead atoms. The van der Waals surface area contributed by atoms with Crippen LogP contribution in [0.3, 0.4) is 0 Å². The highest BCUT2D eigenvalue weighted by Crippen LogP contribution is 2.24. The number of benzene rings is 1. The maximum Gasteiger partial charge on any atom is 0.195 e. The maximum atomic E-state index is 5.33. The lowest BCUT2D eigenvalue weighted by molar-refractivity contribution is 0.414. The third-order valence-electron chi connectivity index (χ3n) is 2.97. The summed E-state index contributed by atoms with van der Waals surface area (Å²) in [6, 6.07) is 12.0. The smallest absolute Gasteiger partial charge is 0.195 e. The number of hydrogen-bond acceptors (Lipinski definition) is 4. The summed E-state index contributed by atoms with van der Waals surface area (Å²) in [6.45, 7) is 0.666. The number of thiophene rings is 1. The van der Waals surface area contributed by atoms with Gasteiger partial charge in [0.1, 0.15) is 5.75 Å². The quantitative estimate of drug-likeness (QED) is 0.747. The predicted octanol–water partition coefficient (Wildman–Crippen LogP) is 3.73. The van der Waals surface area contributed by atoms with Crippen molar-refractivity contribution in [3.63, 3.8) is 0 Å². The molecule has 0 aliphatic carbocycles. The number of nitrogens with one attached hydrogen (secondary N) is 1. The molecule has 0 aliphatic rings. The topological polar surface area (TPSA) is 42.8 Å². The number of hydrogen-bond donors (Lipinski definition) is 1. The molecule has 20 heavy (non-hydrogen) atoms. The van der Waals surface area contributed by atoms with E-state index in [9.17, 15) is 0 Å². The first kappa shape index (κ1) is 13.1.